The molecule has 0 atom stereocenters. The lowest BCUT2D eigenvalue weighted by Gasteiger charge is -1.96. The van der Waals surface area contributed by atoms with Crippen LogP contribution < -0.4 is 5.32 Å². The van der Waals surface area contributed by atoms with Crippen molar-refractivity contribution in [2.45, 2.75) is 6.92 Å². The van der Waals surface area contributed by atoms with Gasteiger partial charge in [0.2, 0.25) is 5.95 Å². The molecule has 0 saturated carbocycles. The molecule has 2 N–H and O–H groups in total. The molecule has 86 valence electrons. The van der Waals surface area contributed by atoms with Gasteiger partial charge in [0.05, 0.1) is 0 Å². The first-order valence-electron chi connectivity index (χ1n) is 4.84. The molecule has 0 aliphatic rings. The Hall–Kier alpha value is -2.22. The van der Waals surface area contributed by atoms with Gasteiger partial charge in [-0.15, -0.1) is 11.3 Å². The summed E-state index contributed by atoms with van der Waals surface area (Å²) in [5, 5.41) is 10.7. The lowest BCUT2D eigenvalue weighted by molar-refractivity contribution is 0.102. The van der Waals surface area contributed by atoms with Crippen molar-refractivity contribution in [3.63, 3.8) is 0 Å². The molecule has 0 spiro atoms. The fraction of sp³-hybridized carbons (Fsp3) is 0.111. The molecular formula is C9H8N6OS. The smallest absolute Gasteiger partial charge is 0.278 e. The van der Waals surface area contributed by atoms with Crippen molar-refractivity contribution in [3.05, 3.63) is 29.3 Å². The highest BCUT2D eigenvalue weighted by atomic mass is 32.1. The summed E-state index contributed by atoms with van der Waals surface area (Å²) >= 11 is 1.50. The second kappa shape index (κ2) is 3.67. The van der Waals surface area contributed by atoms with Crippen LogP contribution in [0.3, 0.4) is 0 Å². The number of aromatic amines is 1. The summed E-state index contributed by atoms with van der Waals surface area (Å²) < 4.78 is 1.87. The molecule has 0 unspecified atom stereocenters. The summed E-state index contributed by atoms with van der Waals surface area (Å²) in [5.41, 5.74) is 1.41. The van der Waals surface area contributed by atoms with Crippen molar-refractivity contribution in [2.75, 3.05) is 5.32 Å². The highest BCUT2D eigenvalue weighted by Crippen LogP contribution is 2.16. The minimum Gasteiger partial charge on any atom is -0.294 e. The maximum Gasteiger partial charge on any atom is 0.278 e. The number of amides is 1. The van der Waals surface area contributed by atoms with Crippen molar-refractivity contribution >= 4 is 28.2 Å². The molecule has 0 saturated heterocycles. The van der Waals surface area contributed by atoms with Crippen LogP contribution in [0.25, 0.3) is 4.96 Å². The largest absolute Gasteiger partial charge is 0.294 e. The molecule has 3 rings (SSSR count). The van der Waals surface area contributed by atoms with Gasteiger partial charge in [-0.1, -0.05) is 0 Å². The molecule has 8 heteroatoms. The van der Waals surface area contributed by atoms with E-state index in [-0.39, 0.29) is 5.91 Å². The summed E-state index contributed by atoms with van der Waals surface area (Å²) in [7, 11) is 0. The number of imidazole rings is 1. The number of nitrogens with one attached hydrogen (secondary N) is 2. The van der Waals surface area contributed by atoms with Crippen LogP contribution in [-0.4, -0.2) is 30.5 Å². The van der Waals surface area contributed by atoms with E-state index in [9.17, 15) is 4.79 Å². The predicted molar refractivity (Wildman–Crippen MR) is 62.1 cm³/mol. The molecule has 7 nitrogen and oxygen atoms in total. The molecule has 3 aromatic heterocycles. The number of carbonyl (C=O) groups excluding carboxylic acids is 1. The van der Waals surface area contributed by atoms with E-state index in [2.05, 4.69) is 25.5 Å². The number of fused-ring (bicyclic) bond motifs is 1. The third-order valence-corrected chi connectivity index (χ3v) is 3.23. The van der Waals surface area contributed by atoms with Crippen molar-refractivity contribution < 1.29 is 4.79 Å². The number of thiazole rings is 1. The number of hydrogen-bond donors (Lipinski definition) is 2. The fourth-order valence-electron chi connectivity index (χ4n) is 1.44. The summed E-state index contributed by atoms with van der Waals surface area (Å²) in [4.78, 5) is 20.6. The van der Waals surface area contributed by atoms with E-state index < -0.39 is 0 Å². The van der Waals surface area contributed by atoms with Gasteiger partial charge in [-0.25, -0.2) is 10.1 Å². The Kier molecular flexibility index (Phi) is 2.15. The molecule has 3 aromatic rings. The number of anilines is 1. The third-order valence-electron chi connectivity index (χ3n) is 2.27. The normalized spacial score (nSPS) is 10.9. The highest BCUT2D eigenvalue weighted by Gasteiger charge is 2.13. The summed E-state index contributed by atoms with van der Waals surface area (Å²) in [5.74, 6) is 0.000117. The predicted octanol–water partition coefficient (Wildman–Crippen LogP) is 1.07. The third kappa shape index (κ3) is 1.68. The molecule has 0 fully saturated rings. The Morgan fingerprint density at radius 1 is 1.59 bits per heavy atom. The van der Waals surface area contributed by atoms with Crippen LogP contribution >= 0.6 is 11.3 Å². The van der Waals surface area contributed by atoms with E-state index in [1.807, 2.05) is 16.7 Å². The van der Waals surface area contributed by atoms with Crippen LogP contribution in [0.5, 0.6) is 0 Å². The first-order chi connectivity index (χ1) is 8.24. The number of aryl methyl sites for hydroxylation is 1. The van der Waals surface area contributed by atoms with Crippen molar-refractivity contribution in [1.29, 1.82) is 0 Å². The standard InChI is InChI=1S/C9H8N6OS/c1-5-3-17-9-12-6(2-15(5)9)7(16)13-8-10-4-11-14-8/h2-4H,1H3,(H2,10,11,13,14,16). The number of nitrogens with zero attached hydrogens (tertiary/aromatic N) is 4. The summed E-state index contributed by atoms with van der Waals surface area (Å²) in [6.45, 7) is 1.96. The Bertz CT molecular complexity index is 667. The lowest BCUT2D eigenvalue weighted by Crippen LogP contribution is -2.13. The number of H-pyrrole nitrogens is 1. The van der Waals surface area contributed by atoms with E-state index in [0.29, 0.717) is 11.6 Å². The van der Waals surface area contributed by atoms with Gasteiger partial charge in [-0.2, -0.15) is 10.1 Å². The number of carbonyl (C=O) groups is 1. The van der Waals surface area contributed by atoms with Gasteiger partial charge in [0.15, 0.2) is 4.96 Å². The van der Waals surface area contributed by atoms with Gasteiger partial charge in [0, 0.05) is 17.3 Å². The second-order valence-corrected chi connectivity index (χ2v) is 4.28. The molecular weight excluding hydrogens is 240 g/mol. The van der Waals surface area contributed by atoms with Crippen LogP contribution in [0.4, 0.5) is 5.95 Å². The first kappa shape index (κ1) is 9.97. The van der Waals surface area contributed by atoms with Crippen LogP contribution in [0.1, 0.15) is 16.2 Å². The monoisotopic (exact) mass is 248 g/mol. The van der Waals surface area contributed by atoms with Crippen molar-refractivity contribution in [3.8, 4) is 0 Å². The topological polar surface area (TPSA) is 88.0 Å². The molecule has 0 bridgehead atoms. The number of rotatable bonds is 2. The average Bonchev–Trinajstić information content (AvgIpc) is 2.97. The fourth-order valence-corrected chi connectivity index (χ4v) is 2.29. The molecule has 1 amide bonds. The Morgan fingerprint density at radius 2 is 2.47 bits per heavy atom. The van der Waals surface area contributed by atoms with E-state index in [0.717, 1.165) is 10.7 Å². The van der Waals surface area contributed by atoms with Crippen LogP contribution in [0, 0.1) is 6.92 Å². The SMILES string of the molecule is Cc1csc2nc(C(=O)Nc3ncn[nH]3)cn12. The zero-order valence-corrected chi connectivity index (χ0v) is 9.65. The van der Waals surface area contributed by atoms with E-state index in [1.54, 1.807) is 6.20 Å². The van der Waals surface area contributed by atoms with E-state index in [4.69, 9.17) is 0 Å². The Morgan fingerprint density at radius 3 is 3.18 bits per heavy atom. The molecule has 17 heavy (non-hydrogen) atoms. The summed E-state index contributed by atoms with van der Waals surface area (Å²) in [6, 6.07) is 0. The minimum atomic E-state index is -0.308. The van der Waals surface area contributed by atoms with E-state index in [1.165, 1.54) is 17.7 Å². The average molecular weight is 248 g/mol. The molecule has 0 aliphatic carbocycles. The summed E-state index contributed by atoms with van der Waals surface area (Å²) in [6.07, 6.45) is 3.03. The maximum absolute atomic E-state index is 11.8. The number of aromatic nitrogens is 5. The quantitative estimate of drug-likeness (QED) is 0.710. The van der Waals surface area contributed by atoms with Gasteiger partial charge < -0.3 is 0 Å². The zero-order valence-electron chi connectivity index (χ0n) is 8.84. The molecule has 0 radical (unpaired) electrons. The Labute approximate surface area is 99.5 Å². The number of hydrogen-bond acceptors (Lipinski definition) is 5. The zero-order chi connectivity index (χ0) is 11.8. The Balaban J connectivity index is 1.90. The van der Waals surface area contributed by atoms with Crippen LogP contribution in [-0.2, 0) is 0 Å². The van der Waals surface area contributed by atoms with Gasteiger partial charge in [0.1, 0.15) is 12.0 Å². The van der Waals surface area contributed by atoms with Gasteiger partial charge in [-0.05, 0) is 6.92 Å². The van der Waals surface area contributed by atoms with Gasteiger partial charge in [-0.3, -0.25) is 14.5 Å². The molecule has 0 aromatic carbocycles. The molecule has 0 aliphatic heterocycles. The van der Waals surface area contributed by atoms with Crippen LogP contribution in [0.2, 0.25) is 0 Å². The first-order valence-corrected chi connectivity index (χ1v) is 5.72. The minimum absolute atomic E-state index is 0.308. The van der Waals surface area contributed by atoms with Crippen molar-refractivity contribution in [2.24, 2.45) is 0 Å². The maximum atomic E-state index is 11.8. The van der Waals surface area contributed by atoms with E-state index >= 15 is 0 Å². The van der Waals surface area contributed by atoms with Crippen LogP contribution in [0.15, 0.2) is 17.9 Å². The van der Waals surface area contributed by atoms with Gasteiger partial charge >= 0.3 is 0 Å². The second-order valence-electron chi connectivity index (χ2n) is 3.44. The van der Waals surface area contributed by atoms with Gasteiger partial charge in [0.25, 0.3) is 5.91 Å². The highest BCUT2D eigenvalue weighted by molar-refractivity contribution is 7.15. The lowest BCUT2D eigenvalue weighted by atomic mass is 10.4. The molecule has 3 heterocycles. The van der Waals surface area contributed by atoms with Crippen molar-refractivity contribution in [1.82, 2.24) is 24.6 Å².